The number of para-hydroxylation sites is 2. The third-order valence-corrected chi connectivity index (χ3v) is 5.70. The lowest BCUT2D eigenvalue weighted by Crippen LogP contribution is -2.50. The highest BCUT2D eigenvalue weighted by molar-refractivity contribution is 6.00. The van der Waals surface area contributed by atoms with Crippen LogP contribution in [0.15, 0.2) is 36.4 Å². The fraction of sp³-hybridized carbons (Fsp3) is 0.423. The molecule has 0 fully saturated rings. The molecular formula is C26H37N5O8. The number of rotatable bonds is 17. The van der Waals surface area contributed by atoms with Gasteiger partial charge in [-0.2, -0.15) is 0 Å². The van der Waals surface area contributed by atoms with Crippen LogP contribution in [0.5, 0.6) is 23.0 Å². The Balaban J connectivity index is 1.47. The molecule has 13 heteroatoms. The molecule has 214 valence electrons. The Labute approximate surface area is 226 Å². The van der Waals surface area contributed by atoms with Crippen LogP contribution >= 0.6 is 0 Å². The topological polar surface area (TPSA) is 213 Å². The van der Waals surface area contributed by atoms with Crippen molar-refractivity contribution in [2.24, 2.45) is 0 Å². The number of phenolic OH excluding ortho intramolecular Hbond substituents is 4. The molecule has 0 radical (unpaired) electrons. The van der Waals surface area contributed by atoms with E-state index in [2.05, 4.69) is 26.6 Å². The summed E-state index contributed by atoms with van der Waals surface area (Å²) in [4.78, 5) is 36.5. The number of aliphatic hydroxyl groups is 1. The molecule has 0 aliphatic carbocycles. The third kappa shape index (κ3) is 10.3. The first-order valence-electron chi connectivity index (χ1n) is 12.7. The molecular weight excluding hydrogens is 510 g/mol. The van der Waals surface area contributed by atoms with E-state index < -0.39 is 47.6 Å². The molecule has 0 unspecified atom stereocenters. The summed E-state index contributed by atoms with van der Waals surface area (Å²) in [6.07, 6.45) is 2.52. The maximum atomic E-state index is 12.2. The molecule has 10 N–H and O–H groups in total. The van der Waals surface area contributed by atoms with Crippen molar-refractivity contribution in [3.8, 4) is 23.0 Å². The largest absolute Gasteiger partial charge is 0.504 e. The molecule has 2 aromatic rings. The van der Waals surface area contributed by atoms with Gasteiger partial charge in [-0.05, 0) is 63.2 Å². The van der Waals surface area contributed by atoms with Crippen LogP contribution < -0.4 is 26.6 Å². The normalized spacial score (nSPS) is 11.5. The Kier molecular flexibility index (Phi) is 13.3. The van der Waals surface area contributed by atoms with E-state index in [-0.39, 0.29) is 23.4 Å². The summed E-state index contributed by atoms with van der Waals surface area (Å²) >= 11 is 0. The van der Waals surface area contributed by atoms with Crippen LogP contribution in [0, 0.1) is 0 Å². The first-order chi connectivity index (χ1) is 18.8. The predicted molar refractivity (Wildman–Crippen MR) is 143 cm³/mol. The monoisotopic (exact) mass is 547 g/mol. The molecule has 13 nitrogen and oxygen atoms in total. The number of benzene rings is 2. The summed E-state index contributed by atoms with van der Waals surface area (Å²) in [5.74, 6) is -3.68. The molecule has 0 bridgehead atoms. The summed E-state index contributed by atoms with van der Waals surface area (Å²) in [7, 11) is 0. The van der Waals surface area contributed by atoms with Gasteiger partial charge in [0, 0.05) is 19.6 Å². The van der Waals surface area contributed by atoms with Gasteiger partial charge in [-0.1, -0.05) is 12.1 Å². The summed E-state index contributed by atoms with van der Waals surface area (Å²) < 4.78 is 0. The van der Waals surface area contributed by atoms with Crippen molar-refractivity contribution >= 4 is 17.7 Å². The highest BCUT2D eigenvalue weighted by atomic mass is 16.3. The van der Waals surface area contributed by atoms with Crippen LogP contribution in [-0.2, 0) is 4.79 Å². The Morgan fingerprint density at radius 1 is 0.641 bits per heavy atom. The van der Waals surface area contributed by atoms with Crippen LogP contribution in [0.3, 0.4) is 0 Å². The van der Waals surface area contributed by atoms with Gasteiger partial charge < -0.3 is 52.1 Å². The van der Waals surface area contributed by atoms with Gasteiger partial charge in [0.1, 0.15) is 6.04 Å². The number of carbonyl (C=O) groups is 3. The van der Waals surface area contributed by atoms with Gasteiger partial charge in [-0.3, -0.25) is 14.4 Å². The molecule has 2 rings (SSSR count). The van der Waals surface area contributed by atoms with E-state index in [1.807, 2.05) is 0 Å². The zero-order chi connectivity index (χ0) is 28.6. The Morgan fingerprint density at radius 3 is 1.77 bits per heavy atom. The predicted octanol–water partition coefficient (Wildman–Crippen LogP) is -0.505. The minimum Gasteiger partial charge on any atom is -0.504 e. The molecule has 2 aromatic carbocycles. The summed E-state index contributed by atoms with van der Waals surface area (Å²) in [5, 5.41) is 62.0. The molecule has 1 atom stereocenters. The number of amides is 3. The smallest absolute Gasteiger partial charge is 0.255 e. The fourth-order valence-corrected chi connectivity index (χ4v) is 3.52. The first kappa shape index (κ1) is 31.1. The second kappa shape index (κ2) is 16.7. The van der Waals surface area contributed by atoms with Crippen molar-refractivity contribution in [2.45, 2.75) is 25.3 Å². The minimum atomic E-state index is -1.21. The lowest BCUT2D eigenvalue weighted by Gasteiger charge is -2.17. The maximum absolute atomic E-state index is 12.2. The average Bonchev–Trinajstić information content (AvgIpc) is 2.92. The average molecular weight is 548 g/mol. The molecule has 0 aliphatic rings. The van der Waals surface area contributed by atoms with Crippen molar-refractivity contribution in [1.82, 2.24) is 26.6 Å². The number of aliphatic hydroxyl groups excluding tert-OH is 1. The number of carbonyl (C=O) groups excluding carboxylic acids is 3. The minimum absolute atomic E-state index is 0.0288. The highest BCUT2D eigenvalue weighted by Crippen LogP contribution is 2.28. The molecule has 0 aliphatic heterocycles. The van der Waals surface area contributed by atoms with E-state index in [9.17, 15) is 39.9 Å². The molecule has 0 saturated heterocycles. The molecule has 0 heterocycles. The molecule has 39 heavy (non-hydrogen) atoms. The second-order valence-electron chi connectivity index (χ2n) is 8.66. The van der Waals surface area contributed by atoms with E-state index in [0.717, 1.165) is 25.9 Å². The van der Waals surface area contributed by atoms with Gasteiger partial charge in [-0.15, -0.1) is 0 Å². The molecule has 0 spiro atoms. The van der Waals surface area contributed by atoms with Gasteiger partial charge in [0.2, 0.25) is 5.91 Å². The SMILES string of the molecule is O=C(NCCCNCCCCNCCNC(=O)[C@H](CO)NC(=O)c1cccc(O)c1O)c1cccc(O)c1O. The number of hydrogen-bond donors (Lipinski definition) is 10. The fourth-order valence-electron chi connectivity index (χ4n) is 3.52. The Morgan fingerprint density at radius 2 is 1.18 bits per heavy atom. The third-order valence-electron chi connectivity index (χ3n) is 5.70. The van der Waals surface area contributed by atoms with E-state index in [4.69, 9.17) is 0 Å². The summed E-state index contributed by atoms with van der Waals surface area (Å²) in [5.41, 5.74) is -0.184. The first-order valence-corrected chi connectivity index (χ1v) is 12.7. The van der Waals surface area contributed by atoms with Crippen molar-refractivity contribution in [1.29, 1.82) is 0 Å². The van der Waals surface area contributed by atoms with Gasteiger partial charge >= 0.3 is 0 Å². The molecule has 0 aromatic heterocycles. The number of hydrogen-bond acceptors (Lipinski definition) is 10. The van der Waals surface area contributed by atoms with Crippen molar-refractivity contribution in [2.75, 3.05) is 45.9 Å². The quantitative estimate of drug-likeness (QED) is 0.0905. The van der Waals surface area contributed by atoms with Crippen LogP contribution in [0.25, 0.3) is 0 Å². The molecule has 0 saturated carbocycles. The number of phenols is 4. The van der Waals surface area contributed by atoms with Crippen molar-refractivity contribution in [3.05, 3.63) is 47.5 Å². The standard InChI is InChI=1S/C26H37N5O8/c32-16-19(31-25(38)18-7-4-9-21(34)23(18)36)26(39)30-15-14-28-11-2-1-10-27-12-5-13-29-24(37)17-6-3-8-20(33)22(17)35/h3-4,6-9,19,27-28,32-36H,1-2,5,10-16H2,(H,29,37)(H,30,39)(H,31,38)/t19-/m0/s1. The number of nitrogens with one attached hydrogen (secondary N) is 5. The van der Waals surface area contributed by atoms with E-state index in [0.29, 0.717) is 26.1 Å². The Bertz CT molecular complexity index is 1100. The summed E-state index contributed by atoms with van der Waals surface area (Å²) in [6, 6.07) is 6.88. The lowest BCUT2D eigenvalue weighted by atomic mass is 10.1. The van der Waals surface area contributed by atoms with Crippen LogP contribution in [0.2, 0.25) is 0 Å². The summed E-state index contributed by atoms with van der Waals surface area (Å²) in [6.45, 7) is 2.81. The van der Waals surface area contributed by atoms with Crippen LogP contribution in [0.4, 0.5) is 0 Å². The van der Waals surface area contributed by atoms with E-state index in [1.165, 1.54) is 36.4 Å². The number of unbranched alkanes of at least 4 members (excludes halogenated alkanes) is 1. The van der Waals surface area contributed by atoms with Gasteiger partial charge in [-0.25, -0.2) is 0 Å². The highest BCUT2D eigenvalue weighted by Gasteiger charge is 2.22. The zero-order valence-corrected chi connectivity index (χ0v) is 21.6. The van der Waals surface area contributed by atoms with Gasteiger partial charge in [0.25, 0.3) is 11.8 Å². The van der Waals surface area contributed by atoms with Crippen molar-refractivity contribution < 1.29 is 39.9 Å². The van der Waals surface area contributed by atoms with Crippen LogP contribution in [0.1, 0.15) is 40.0 Å². The number of aromatic hydroxyl groups is 4. The lowest BCUT2D eigenvalue weighted by molar-refractivity contribution is -0.123. The second-order valence-corrected chi connectivity index (χ2v) is 8.66. The van der Waals surface area contributed by atoms with E-state index in [1.54, 1.807) is 0 Å². The maximum Gasteiger partial charge on any atom is 0.255 e. The zero-order valence-electron chi connectivity index (χ0n) is 21.6. The van der Waals surface area contributed by atoms with Gasteiger partial charge in [0.05, 0.1) is 17.7 Å². The van der Waals surface area contributed by atoms with E-state index >= 15 is 0 Å². The van der Waals surface area contributed by atoms with Crippen LogP contribution in [-0.4, -0.2) is 95.2 Å². The van der Waals surface area contributed by atoms with Crippen molar-refractivity contribution in [3.63, 3.8) is 0 Å². The van der Waals surface area contributed by atoms with Gasteiger partial charge in [0.15, 0.2) is 23.0 Å². The Hall–Kier alpha value is -4.07. The molecule has 3 amide bonds.